The van der Waals surface area contributed by atoms with Gasteiger partial charge in [0, 0.05) is 12.6 Å². The maximum atomic E-state index is 5.16. The van der Waals surface area contributed by atoms with Crippen molar-refractivity contribution >= 4 is 5.96 Å². The van der Waals surface area contributed by atoms with Crippen LogP contribution in [0, 0.1) is 0 Å². The molecule has 5 N–H and O–H groups in total. The van der Waals surface area contributed by atoms with Gasteiger partial charge in [0.05, 0.1) is 0 Å². The van der Waals surface area contributed by atoms with Crippen LogP contribution in [0.4, 0.5) is 0 Å². The third-order valence-corrected chi connectivity index (χ3v) is 1.41. The Morgan fingerprint density at radius 1 is 1.55 bits per heavy atom. The van der Waals surface area contributed by atoms with Gasteiger partial charge in [0.25, 0.3) is 0 Å². The van der Waals surface area contributed by atoms with Crippen LogP contribution in [-0.2, 0) is 0 Å². The third-order valence-electron chi connectivity index (χ3n) is 1.41. The molecule has 11 heavy (non-hydrogen) atoms. The van der Waals surface area contributed by atoms with Gasteiger partial charge >= 0.3 is 0 Å². The van der Waals surface area contributed by atoms with Crippen molar-refractivity contribution in [2.45, 2.75) is 26.3 Å². The van der Waals surface area contributed by atoms with Crippen molar-refractivity contribution in [2.75, 3.05) is 13.1 Å². The largest absolute Gasteiger partial charge is 0.370 e. The predicted octanol–water partition coefficient (Wildman–Crippen LogP) is -0.352. The summed E-state index contributed by atoms with van der Waals surface area (Å²) in [6, 6.07) is 0.489. The van der Waals surface area contributed by atoms with Crippen LogP contribution in [0.2, 0.25) is 0 Å². The monoisotopic (exact) mass is 158 g/mol. The fraction of sp³-hybridized carbons (Fsp3) is 0.857. The van der Waals surface area contributed by atoms with Crippen LogP contribution in [0.15, 0.2) is 4.99 Å². The number of nitrogens with two attached hydrogens (primary N) is 2. The van der Waals surface area contributed by atoms with Crippen molar-refractivity contribution in [1.29, 1.82) is 0 Å². The second-order valence-corrected chi connectivity index (χ2v) is 2.55. The summed E-state index contributed by atoms with van der Waals surface area (Å²) in [4.78, 5) is 3.88. The number of aliphatic imine (C=N–C) groups is 1. The van der Waals surface area contributed by atoms with E-state index in [0.29, 0.717) is 12.6 Å². The molecule has 0 amide bonds. The van der Waals surface area contributed by atoms with Crippen LogP contribution in [0.1, 0.15) is 20.3 Å². The number of guanidine groups is 1. The van der Waals surface area contributed by atoms with Crippen molar-refractivity contribution in [3.8, 4) is 0 Å². The van der Waals surface area contributed by atoms with Gasteiger partial charge in [-0.1, -0.05) is 6.92 Å². The normalized spacial score (nSPS) is 12.5. The molecule has 0 aromatic heterocycles. The topological polar surface area (TPSA) is 76.4 Å². The van der Waals surface area contributed by atoms with Crippen molar-refractivity contribution in [3.63, 3.8) is 0 Å². The molecule has 0 rings (SSSR count). The number of hydrogen-bond donors (Lipinski definition) is 3. The molecule has 0 spiro atoms. The van der Waals surface area contributed by atoms with Crippen LogP contribution >= 0.6 is 0 Å². The van der Waals surface area contributed by atoms with Crippen LogP contribution in [-0.4, -0.2) is 25.1 Å². The first-order valence-electron chi connectivity index (χ1n) is 3.95. The van der Waals surface area contributed by atoms with Gasteiger partial charge in [-0.2, -0.15) is 0 Å². The maximum Gasteiger partial charge on any atom is 0.185 e. The quantitative estimate of drug-likeness (QED) is 0.378. The standard InChI is InChI=1S/C7H18N4/c1-3-10-6(2)4-5-11-7(8)9/h6,10H,3-5H2,1-2H3,(H4,8,9,11)/t6-/m0/s1. The molecular weight excluding hydrogens is 140 g/mol. The summed E-state index contributed by atoms with van der Waals surface area (Å²) in [6.07, 6.45) is 0.978. The van der Waals surface area contributed by atoms with Crippen LogP contribution in [0.25, 0.3) is 0 Å². The Bertz CT molecular complexity index is 118. The lowest BCUT2D eigenvalue weighted by Crippen LogP contribution is -2.27. The molecule has 0 aliphatic heterocycles. The number of nitrogens with zero attached hydrogens (tertiary/aromatic N) is 1. The van der Waals surface area contributed by atoms with Crippen molar-refractivity contribution < 1.29 is 0 Å². The molecule has 0 aromatic rings. The fourth-order valence-electron chi connectivity index (χ4n) is 0.838. The molecule has 0 aliphatic carbocycles. The van der Waals surface area contributed by atoms with Gasteiger partial charge in [-0.3, -0.25) is 4.99 Å². The van der Waals surface area contributed by atoms with Gasteiger partial charge in [-0.05, 0) is 19.9 Å². The van der Waals surface area contributed by atoms with E-state index in [0.717, 1.165) is 13.0 Å². The first-order chi connectivity index (χ1) is 5.16. The molecule has 0 aromatic carbocycles. The van der Waals surface area contributed by atoms with Crippen LogP contribution in [0.5, 0.6) is 0 Å². The number of rotatable bonds is 5. The van der Waals surface area contributed by atoms with E-state index in [-0.39, 0.29) is 5.96 Å². The van der Waals surface area contributed by atoms with E-state index >= 15 is 0 Å². The molecule has 66 valence electrons. The lowest BCUT2D eigenvalue weighted by molar-refractivity contribution is 0.537. The average Bonchev–Trinajstić information content (AvgIpc) is 1.87. The Labute approximate surface area is 68.1 Å². The summed E-state index contributed by atoms with van der Waals surface area (Å²) in [5, 5.41) is 3.27. The molecule has 0 radical (unpaired) electrons. The van der Waals surface area contributed by atoms with Gasteiger partial charge in [-0.15, -0.1) is 0 Å². The van der Waals surface area contributed by atoms with Gasteiger partial charge in [0.1, 0.15) is 0 Å². The summed E-state index contributed by atoms with van der Waals surface area (Å²) in [7, 11) is 0. The maximum absolute atomic E-state index is 5.16. The predicted molar refractivity (Wildman–Crippen MR) is 48.4 cm³/mol. The SMILES string of the molecule is CCN[C@@H](C)CCN=C(N)N. The van der Waals surface area contributed by atoms with E-state index in [1.54, 1.807) is 0 Å². The van der Waals surface area contributed by atoms with Gasteiger partial charge in [0.15, 0.2) is 5.96 Å². The Morgan fingerprint density at radius 2 is 2.18 bits per heavy atom. The molecular formula is C7H18N4. The Morgan fingerprint density at radius 3 is 2.64 bits per heavy atom. The summed E-state index contributed by atoms with van der Waals surface area (Å²) in [5.41, 5.74) is 10.3. The summed E-state index contributed by atoms with van der Waals surface area (Å²) in [5.74, 6) is 0.175. The molecule has 4 nitrogen and oxygen atoms in total. The smallest absolute Gasteiger partial charge is 0.185 e. The first-order valence-corrected chi connectivity index (χ1v) is 3.95. The van der Waals surface area contributed by atoms with Crippen molar-refractivity contribution in [1.82, 2.24) is 5.32 Å². The fourth-order valence-corrected chi connectivity index (χ4v) is 0.838. The Balaban J connectivity index is 3.31. The van der Waals surface area contributed by atoms with Gasteiger partial charge in [-0.25, -0.2) is 0 Å². The number of nitrogens with one attached hydrogen (secondary N) is 1. The second kappa shape index (κ2) is 5.97. The molecule has 0 saturated heterocycles. The Kier molecular flexibility index (Phi) is 5.56. The Hall–Kier alpha value is -0.770. The molecule has 0 aliphatic rings. The molecule has 0 bridgehead atoms. The first kappa shape index (κ1) is 10.2. The number of hydrogen-bond acceptors (Lipinski definition) is 2. The highest BCUT2D eigenvalue weighted by Crippen LogP contribution is 1.89. The zero-order valence-corrected chi connectivity index (χ0v) is 7.30. The third kappa shape index (κ3) is 7.12. The minimum Gasteiger partial charge on any atom is -0.370 e. The van der Waals surface area contributed by atoms with Crippen LogP contribution in [0.3, 0.4) is 0 Å². The molecule has 0 heterocycles. The lowest BCUT2D eigenvalue weighted by Gasteiger charge is -2.09. The minimum atomic E-state index is 0.175. The highest BCUT2D eigenvalue weighted by Gasteiger charge is 1.96. The molecule has 0 fully saturated rings. The van der Waals surface area contributed by atoms with E-state index in [1.165, 1.54) is 0 Å². The van der Waals surface area contributed by atoms with E-state index in [2.05, 4.69) is 24.2 Å². The summed E-state index contributed by atoms with van der Waals surface area (Å²) in [6.45, 7) is 5.89. The van der Waals surface area contributed by atoms with E-state index in [9.17, 15) is 0 Å². The highest BCUT2D eigenvalue weighted by molar-refractivity contribution is 5.75. The van der Waals surface area contributed by atoms with Gasteiger partial charge in [0.2, 0.25) is 0 Å². The van der Waals surface area contributed by atoms with Gasteiger partial charge < -0.3 is 16.8 Å². The zero-order chi connectivity index (χ0) is 8.69. The highest BCUT2D eigenvalue weighted by atomic mass is 15.0. The molecule has 1 atom stereocenters. The van der Waals surface area contributed by atoms with E-state index in [4.69, 9.17) is 11.5 Å². The summed E-state index contributed by atoms with van der Waals surface area (Å²) < 4.78 is 0. The average molecular weight is 158 g/mol. The second-order valence-electron chi connectivity index (χ2n) is 2.55. The lowest BCUT2D eigenvalue weighted by atomic mass is 10.2. The van der Waals surface area contributed by atoms with E-state index in [1.807, 2.05) is 0 Å². The molecule has 0 unspecified atom stereocenters. The zero-order valence-electron chi connectivity index (χ0n) is 7.30. The molecule has 0 saturated carbocycles. The summed E-state index contributed by atoms with van der Waals surface area (Å²) >= 11 is 0. The molecule has 4 heteroatoms. The van der Waals surface area contributed by atoms with E-state index < -0.39 is 0 Å². The minimum absolute atomic E-state index is 0.175. The van der Waals surface area contributed by atoms with Crippen molar-refractivity contribution in [3.05, 3.63) is 0 Å². The van der Waals surface area contributed by atoms with Crippen molar-refractivity contribution in [2.24, 2.45) is 16.5 Å². The van der Waals surface area contributed by atoms with Crippen LogP contribution < -0.4 is 16.8 Å².